The minimum absolute atomic E-state index is 0.202. The number of ether oxygens (including phenoxy) is 2. The first-order valence-electron chi connectivity index (χ1n) is 8.39. The zero-order chi connectivity index (χ0) is 18.8. The molecule has 0 bridgehead atoms. The van der Waals surface area contributed by atoms with Crippen molar-refractivity contribution in [2.24, 2.45) is 5.92 Å². The van der Waals surface area contributed by atoms with Gasteiger partial charge < -0.3 is 14.8 Å². The number of hydrogen-bond donors (Lipinski definition) is 1. The van der Waals surface area contributed by atoms with Crippen LogP contribution >= 0.6 is 11.3 Å². The van der Waals surface area contributed by atoms with Crippen molar-refractivity contribution in [3.8, 4) is 0 Å². The average Bonchev–Trinajstić information content (AvgIpc) is 3.08. The lowest BCUT2D eigenvalue weighted by atomic mass is 9.70. The lowest BCUT2D eigenvalue weighted by Crippen LogP contribution is -2.38. The maximum atomic E-state index is 12.7. The second-order valence-electron chi connectivity index (χ2n) is 6.35. The Hall–Kier alpha value is -2.41. The number of anilines is 1. The SMILES string of the molecule is CNc1nc2c(s1)[C@H](C(=O)OC)[C@H](C(=O)OC)[C@H](c1ccc(C)cc1)C2. The summed E-state index contributed by atoms with van der Waals surface area (Å²) in [6.45, 7) is 2.01. The molecule has 0 aliphatic heterocycles. The van der Waals surface area contributed by atoms with E-state index in [0.717, 1.165) is 26.8 Å². The van der Waals surface area contributed by atoms with Gasteiger partial charge in [0.2, 0.25) is 0 Å². The number of nitrogens with zero attached hydrogens (tertiary/aromatic N) is 1. The van der Waals surface area contributed by atoms with Gasteiger partial charge in [0.1, 0.15) is 5.92 Å². The summed E-state index contributed by atoms with van der Waals surface area (Å²) < 4.78 is 10.1. The number of methoxy groups -OCH3 is 2. The normalized spacial score (nSPS) is 21.6. The van der Waals surface area contributed by atoms with E-state index in [1.165, 1.54) is 25.6 Å². The van der Waals surface area contributed by atoms with Gasteiger partial charge in [-0.1, -0.05) is 29.8 Å². The molecule has 7 heteroatoms. The maximum Gasteiger partial charge on any atom is 0.314 e. The molecule has 3 atom stereocenters. The molecule has 0 unspecified atom stereocenters. The van der Waals surface area contributed by atoms with Crippen molar-refractivity contribution in [3.63, 3.8) is 0 Å². The third-order valence-electron chi connectivity index (χ3n) is 4.86. The van der Waals surface area contributed by atoms with Crippen molar-refractivity contribution in [3.05, 3.63) is 46.0 Å². The van der Waals surface area contributed by atoms with E-state index < -0.39 is 23.8 Å². The highest BCUT2D eigenvalue weighted by atomic mass is 32.1. The van der Waals surface area contributed by atoms with Gasteiger partial charge in [-0.3, -0.25) is 9.59 Å². The Morgan fingerprint density at radius 2 is 1.81 bits per heavy atom. The zero-order valence-corrected chi connectivity index (χ0v) is 16.1. The largest absolute Gasteiger partial charge is 0.469 e. The summed E-state index contributed by atoms with van der Waals surface area (Å²) in [5.74, 6) is -2.41. The molecule has 0 spiro atoms. The summed E-state index contributed by atoms with van der Waals surface area (Å²) in [7, 11) is 4.47. The maximum absolute atomic E-state index is 12.7. The van der Waals surface area contributed by atoms with Gasteiger partial charge in [-0.25, -0.2) is 4.98 Å². The fourth-order valence-electron chi connectivity index (χ4n) is 3.55. The molecule has 0 radical (unpaired) electrons. The Bertz CT molecular complexity index is 815. The summed E-state index contributed by atoms with van der Waals surface area (Å²) in [5, 5.41) is 3.74. The molecule has 1 aromatic carbocycles. The minimum atomic E-state index is -0.720. The van der Waals surface area contributed by atoms with Gasteiger partial charge in [0, 0.05) is 17.8 Å². The lowest BCUT2D eigenvalue weighted by molar-refractivity contribution is -0.155. The second-order valence-corrected chi connectivity index (χ2v) is 7.38. The Labute approximate surface area is 156 Å². The fraction of sp³-hybridized carbons (Fsp3) is 0.421. The van der Waals surface area contributed by atoms with Gasteiger partial charge in [-0.2, -0.15) is 0 Å². The number of nitrogens with one attached hydrogen (secondary N) is 1. The zero-order valence-electron chi connectivity index (χ0n) is 15.2. The van der Waals surface area contributed by atoms with E-state index in [0.29, 0.717) is 6.42 Å². The number of rotatable bonds is 4. The summed E-state index contributed by atoms with van der Waals surface area (Å²) in [5.41, 5.74) is 2.96. The lowest BCUT2D eigenvalue weighted by Gasteiger charge is -2.34. The fourth-order valence-corrected chi connectivity index (χ4v) is 4.63. The predicted octanol–water partition coefficient (Wildman–Crippen LogP) is 2.88. The van der Waals surface area contributed by atoms with Crippen LogP contribution in [0.2, 0.25) is 0 Å². The van der Waals surface area contributed by atoms with Crippen LogP contribution in [0.15, 0.2) is 24.3 Å². The van der Waals surface area contributed by atoms with Crippen molar-refractivity contribution in [2.75, 3.05) is 26.6 Å². The van der Waals surface area contributed by atoms with Crippen LogP contribution in [0.5, 0.6) is 0 Å². The van der Waals surface area contributed by atoms with Gasteiger partial charge in [0.15, 0.2) is 5.13 Å². The smallest absolute Gasteiger partial charge is 0.314 e. The van der Waals surface area contributed by atoms with Gasteiger partial charge in [-0.15, -0.1) is 11.3 Å². The third kappa shape index (κ3) is 3.19. The first-order valence-corrected chi connectivity index (χ1v) is 9.21. The third-order valence-corrected chi connectivity index (χ3v) is 6.06. The molecule has 0 amide bonds. The highest BCUT2D eigenvalue weighted by Crippen LogP contribution is 2.48. The van der Waals surface area contributed by atoms with Gasteiger partial charge in [0.05, 0.1) is 25.8 Å². The highest BCUT2D eigenvalue weighted by Gasteiger charge is 2.48. The molecule has 1 aliphatic rings. The first-order chi connectivity index (χ1) is 12.5. The van der Waals surface area contributed by atoms with Crippen LogP contribution in [0.4, 0.5) is 5.13 Å². The van der Waals surface area contributed by atoms with Crippen molar-refractivity contribution in [1.82, 2.24) is 4.98 Å². The minimum Gasteiger partial charge on any atom is -0.469 e. The van der Waals surface area contributed by atoms with Crippen LogP contribution in [0.1, 0.15) is 33.5 Å². The summed E-state index contributed by atoms with van der Waals surface area (Å²) in [6.07, 6.45) is 0.573. The van der Waals surface area contributed by atoms with Crippen LogP contribution in [0.3, 0.4) is 0 Å². The Kier molecular flexibility index (Phi) is 5.27. The number of aryl methyl sites for hydroxylation is 1. The van der Waals surface area contributed by atoms with E-state index in [9.17, 15) is 9.59 Å². The van der Waals surface area contributed by atoms with Crippen molar-refractivity contribution in [2.45, 2.75) is 25.2 Å². The summed E-state index contributed by atoms with van der Waals surface area (Å²) in [6, 6.07) is 8.01. The number of thiazole rings is 1. The van der Waals surface area contributed by atoms with E-state index in [4.69, 9.17) is 9.47 Å². The molecular formula is C19H22N2O4S. The Morgan fingerprint density at radius 3 is 2.38 bits per heavy atom. The first kappa shape index (κ1) is 18.4. The van der Waals surface area contributed by atoms with Crippen molar-refractivity contribution in [1.29, 1.82) is 0 Å². The van der Waals surface area contributed by atoms with Crippen molar-refractivity contribution < 1.29 is 19.1 Å². The molecular weight excluding hydrogens is 352 g/mol. The molecule has 6 nitrogen and oxygen atoms in total. The van der Waals surface area contributed by atoms with Crippen molar-refractivity contribution >= 4 is 28.4 Å². The van der Waals surface area contributed by atoms with E-state index in [1.54, 1.807) is 7.05 Å². The number of benzene rings is 1. The molecule has 138 valence electrons. The Balaban J connectivity index is 2.15. The topological polar surface area (TPSA) is 77.5 Å². The molecule has 1 aliphatic carbocycles. The number of esters is 2. The average molecular weight is 374 g/mol. The van der Waals surface area contributed by atoms with Gasteiger partial charge in [-0.05, 0) is 18.9 Å². The standard InChI is InChI=1S/C19H22N2O4S/c1-10-5-7-11(8-6-10)12-9-13-16(26-19(20-2)21-13)15(18(23)25-4)14(12)17(22)24-3/h5-8,12,14-15H,9H2,1-4H3,(H,20,21)/t12-,14+,15+/m0/s1. The molecule has 3 rings (SSSR count). The van der Waals surface area contributed by atoms with Gasteiger partial charge >= 0.3 is 11.9 Å². The number of fused-ring (bicyclic) bond motifs is 1. The molecule has 1 heterocycles. The molecule has 0 fully saturated rings. The molecule has 1 aromatic heterocycles. The monoisotopic (exact) mass is 374 g/mol. The van der Waals surface area contributed by atoms with E-state index in [2.05, 4.69) is 10.3 Å². The molecule has 26 heavy (non-hydrogen) atoms. The Morgan fingerprint density at radius 1 is 1.15 bits per heavy atom. The quantitative estimate of drug-likeness (QED) is 0.829. The van der Waals surface area contributed by atoms with Crippen LogP contribution in [0.25, 0.3) is 0 Å². The highest BCUT2D eigenvalue weighted by molar-refractivity contribution is 7.16. The van der Waals surface area contributed by atoms with Crippen LogP contribution in [0, 0.1) is 12.8 Å². The summed E-state index contributed by atoms with van der Waals surface area (Å²) >= 11 is 1.39. The molecule has 0 saturated heterocycles. The summed E-state index contributed by atoms with van der Waals surface area (Å²) in [4.78, 5) is 30.7. The van der Waals surface area contributed by atoms with Crippen LogP contribution in [-0.2, 0) is 25.5 Å². The number of carbonyl (C=O) groups excluding carboxylic acids is 2. The molecule has 0 saturated carbocycles. The van der Waals surface area contributed by atoms with E-state index in [-0.39, 0.29) is 5.92 Å². The number of carbonyl (C=O) groups is 2. The number of hydrogen-bond acceptors (Lipinski definition) is 7. The van der Waals surface area contributed by atoms with E-state index >= 15 is 0 Å². The van der Waals surface area contributed by atoms with Crippen LogP contribution in [-0.4, -0.2) is 38.2 Å². The number of aromatic nitrogens is 1. The molecule has 1 N–H and O–H groups in total. The predicted molar refractivity (Wildman–Crippen MR) is 99.5 cm³/mol. The van der Waals surface area contributed by atoms with E-state index in [1.807, 2.05) is 31.2 Å². The second kappa shape index (κ2) is 7.45. The van der Waals surface area contributed by atoms with Gasteiger partial charge in [0.25, 0.3) is 0 Å². The molecule has 2 aromatic rings. The van der Waals surface area contributed by atoms with Crippen LogP contribution < -0.4 is 5.32 Å².